The molecule has 7 heteroatoms. The summed E-state index contributed by atoms with van der Waals surface area (Å²) in [5.74, 6) is 1.20. The zero-order valence-electron chi connectivity index (χ0n) is 16.6. The fourth-order valence-electron chi connectivity index (χ4n) is 3.87. The lowest BCUT2D eigenvalue weighted by Crippen LogP contribution is -2.32. The molecule has 1 aliphatic rings. The number of likely N-dealkylation sites (tertiary alicyclic amines) is 1. The second kappa shape index (κ2) is 7.59. The molecule has 1 N–H and O–H groups in total. The number of rotatable bonds is 4. The van der Waals surface area contributed by atoms with Crippen LogP contribution in [0.2, 0.25) is 0 Å². The fourth-order valence-corrected chi connectivity index (χ4v) is 3.87. The van der Waals surface area contributed by atoms with Gasteiger partial charge in [0.25, 0.3) is 5.91 Å². The van der Waals surface area contributed by atoms with Crippen LogP contribution in [0.4, 0.5) is 5.82 Å². The van der Waals surface area contributed by atoms with Gasteiger partial charge in [0, 0.05) is 24.7 Å². The second-order valence-corrected chi connectivity index (χ2v) is 7.45. The van der Waals surface area contributed by atoms with E-state index in [0.29, 0.717) is 30.1 Å². The van der Waals surface area contributed by atoms with Gasteiger partial charge in [-0.15, -0.1) is 0 Å². The summed E-state index contributed by atoms with van der Waals surface area (Å²) in [5.41, 5.74) is 3.71. The molecule has 7 nitrogen and oxygen atoms in total. The number of amides is 1. The van der Waals surface area contributed by atoms with Gasteiger partial charge in [-0.25, -0.2) is 4.98 Å². The van der Waals surface area contributed by atoms with Crippen LogP contribution in [0.1, 0.15) is 22.5 Å². The van der Waals surface area contributed by atoms with Crippen molar-refractivity contribution >= 4 is 22.8 Å². The van der Waals surface area contributed by atoms with Crippen LogP contribution < -0.4 is 5.32 Å². The molecule has 1 amide bonds. The van der Waals surface area contributed by atoms with Crippen LogP contribution in [-0.2, 0) is 0 Å². The van der Waals surface area contributed by atoms with Crippen molar-refractivity contribution in [1.29, 1.82) is 0 Å². The summed E-state index contributed by atoms with van der Waals surface area (Å²) < 4.78 is 5.36. The minimum atomic E-state index is -0.0542. The zero-order valence-corrected chi connectivity index (χ0v) is 16.6. The molecule has 1 atom stereocenters. The number of carbonyl (C=O) groups is 1. The maximum Gasteiger partial charge on any atom is 0.259 e. The van der Waals surface area contributed by atoms with Crippen LogP contribution in [0.5, 0.6) is 0 Å². The van der Waals surface area contributed by atoms with Gasteiger partial charge in [0.05, 0.1) is 17.2 Å². The lowest BCUT2D eigenvalue weighted by atomic mass is 10.1. The van der Waals surface area contributed by atoms with Gasteiger partial charge in [0.1, 0.15) is 22.8 Å². The Morgan fingerprint density at radius 3 is 2.70 bits per heavy atom. The molecule has 1 saturated heterocycles. The smallest absolute Gasteiger partial charge is 0.259 e. The first kappa shape index (κ1) is 18.3. The molecular weight excluding hydrogens is 378 g/mol. The van der Waals surface area contributed by atoms with Gasteiger partial charge >= 0.3 is 0 Å². The van der Waals surface area contributed by atoms with Crippen molar-refractivity contribution in [3.05, 3.63) is 72.1 Å². The molecule has 0 saturated carbocycles. The van der Waals surface area contributed by atoms with E-state index < -0.39 is 0 Å². The summed E-state index contributed by atoms with van der Waals surface area (Å²) in [6.45, 7) is 3.03. The molecule has 5 rings (SSSR count). The summed E-state index contributed by atoms with van der Waals surface area (Å²) in [7, 11) is 0. The highest BCUT2D eigenvalue weighted by atomic mass is 16.5. The van der Waals surface area contributed by atoms with Crippen molar-refractivity contribution in [2.45, 2.75) is 19.4 Å². The quantitative estimate of drug-likeness (QED) is 0.560. The van der Waals surface area contributed by atoms with E-state index in [2.05, 4.69) is 20.4 Å². The number of fused-ring (bicyclic) bond motifs is 1. The Bertz CT molecular complexity index is 1200. The number of anilines is 1. The van der Waals surface area contributed by atoms with Crippen LogP contribution in [0.3, 0.4) is 0 Å². The van der Waals surface area contributed by atoms with Gasteiger partial charge in [0.2, 0.25) is 0 Å². The molecule has 30 heavy (non-hydrogen) atoms. The lowest BCUT2D eigenvalue weighted by Gasteiger charge is -2.17. The van der Waals surface area contributed by atoms with Crippen LogP contribution in [0, 0.1) is 6.92 Å². The van der Waals surface area contributed by atoms with Crippen molar-refractivity contribution in [3.8, 4) is 11.3 Å². The third kappa shape index (κ3) is 3.39. The largest absolute Gasteiger partial charge is 0.364 e. The highest BCUT2D eigenvalue weighted by Crippen LogP contribution is 2.28. The second-order valence-electron chi connectivity index (χ2n) is 7.45. The number of carbonyl (C=O) groups excluding carboxylic acids is 1. The zero-order chi connectivity index (χ0) is 20.5. The number of aromatic nitrogens is 3. The first-order valence-electron chi connectivity index (χ1n) is 9.98. The Balaban J connectivity index is 1.32. The summed E-state index contributed by atoms with van der Waals surface area (Å²) >= 11 is 0. The summed E-state index contributed by atoms with van der Waals surface area (Å²) in [4.78, 5) is 24.2. The molecule has 0 radical (unpaired) electrons. The molecule has 4 aromatic rings. The molecule has 0 bridgehead atoms. The van der Waals surface area contributed by atoms with Gasteiger partial charge in [-0.1, -0.05) is 47.6 Å². The van der Waals surface area contributed by atoms with E-state index in [1.807, 2.05) is 59.5 Å². The average molecular weight is 399 g/mol. The molecule has 2 aromatic heterocycles. The number of benzene rings is 2. The minimum Gasteiger partial charge on any atom is -0.364 e. The maximum absolute atomic E-state index is 13.3. The van der Waals surface area contributed by atoms with Gasteiger partial charge in [0.15, 0.2) is 0 Å². The van der Waals surface area contributed by atoms with Crippen molar-refractivity contribution in [3.63, 3.8) is 0 Å². The standard InChI is InChI=1S/C23H21N5O2/c1-15-21(22(27-30-15)16-7-3-2-4-8-16)23(29)28-12-11-17(14-28)25-20-13-24-18-9-5-6-10-19(18)26-20/h2-10,13,17H,11-12,14H2,1H3,(H,25,26)/t17-/m1/s1. The van der Waals surface area contributed by atoms with Gasteiger partial charge in [-0.2, -0.15) is 0 Å². The average Bonchev–Trinajstić information content (AvgIpc) is 3.40. The minimum absolute atomic E-state index is 0.0542. The van der Waals surface area contributed by atoms with Gasteiger partial charge in [-0.05, 0) is 25.5 Å². The molecule has 0 spiro atoms. The van der Waals surface area contributed by atoms with Gasteiger partial charge < -0.3 is 14.7 Å². The number of nitrogens with zero attached hydrogens (tertiary/aromatic N) is 4. The van der Waals surface area contributed by atoms with Crippen LogP contribution in [-0.4, -0.2) is 45.1 Å². The highest BCUT2D eigenvalue weighted by molar-refractivity contribution is 6.01. The topological polar surface area (TPSA) is 84.2 Å². The third-order valence-corrected chi connectivity index (χ3v) is 5.40. The molecule has 3 heterocycles. The van der Waals surface area contributed by atoms with E-state index in [0.717, 1.165) is 28.8 Å². The Morgan fingerprint density at radius 2 is 1.87 bits per heavy atom. The fraction of sp³-hybridized carbons (Fsp3) is 0.217. The highest BCUT2D eigenvalue weighted by Gasteiger charge is 2.31. The predicted molar refractivity (Wildman–Crippen MR) is 114 cm³/mol. The van der Waals surface area contributed by atoms with E-state index in [1.165, 1.54) is 0 Å². The van der Waals surface area contributed by atoms with Gasteiger partial charge in [-0.3, -0.25) is 9.78 Å². The monoisotopic (exact) mass is 399 g/mol. The van der Waals surface area contributed by atoms with E-state index in [-0.39, 0.29) is 11.9 Å². The van der Waals surface area contributed by atoms with Crippen LogP contribution in [0.25, 0.3) is 22.3 Å². The van der Waals surface area contributed by atoms with Crippen molar-refractivity contribution in [2.24, 2.45) is 0 Å². The molecule has 1 fully saturated rings. The Labute approximate surface area is 173 Å². The Morgan fingerprint density at radius 1 is 1.10 bits per heavy atom. The first-order chi connectivity index (χ1) is 14.7. The normalized spacial score (nSPS) is 16.2. The molecule has 1 aliphatic heterocycles. The SMILES string of the molecule is Cc1onc(-c2ccccc2)c1C(=O)N1CC[C@@H](Nc2cnc3ccccc3n2)C1. The Hall–Kier alpha value is -3.74. The van der Waals surface area contributed by atoms with E-state index in [1.54, 1.807) is 13.1 Å². The van der Waals surface area contributed by atoms with Crippen LogP contribution in [0.15, 0.2) is 65.3 Å². The summed E-state index contributed by atoms with van der Waals surface area (Å²) in [6, 6.07) is 17.5. The molecule has 0 unspecified atom stereocenters. The first-order valence-corrected chi connectivity index (χ1v) is 9.98. The van der Waals surface area contributed by atoms with Crippen molar-refractivity contribution < 1.29 is 9.32 Å². The van der Waals surface area contributed by atoms with Crippen molar-refractivity contribution in [2.75, 3.05) is 18.4 Å². The predicted octanol–water partition coefficient (Wildman–Crippen LogP) is 3.92. The molecule has 0 aliphatic carbocycles. The molecular formula is C23H21N5O2. The number of para-hydroxylation sites is 2. The number of hydrogen-bond acceptors (Lipinski definition) is 6. The third-order valence-electron chi connectivity index (χ3n) is 5.40. The summed E-state index contributed by atoms with van der Waals surface area (Å²) in [6.07, 6.45) is 2.58. The number of aryl methyl sites for hydroxylation is 1. The molecule has 2 aromatic carbocycles. The maximum atomic E-state index is 13.3. The number of nitrogens with one attached hydrogen (secondary N) is 1. The lowest BCUT2D eigenvalue weighted by molar-refractivity contribution is 0.0790. The van der Waals surface area contributed by atoms with E-state index in [4.69, 9.17) is 4.52 Å². The molecule has 150 valence electrons. The Kier molecular flexibility index (Phi) is 4.63. The van der Waals surface area contributed by atoms with E-state index in [9.17, 15) is 4.79 Å². The van der Waals surface area contributed by atoms with Crippen molar-refractivity contribution in [1.82, 2.24) is 20.0 Å². The summed E-state index contributed by atoms with van der Waals surface area (Å²) in [5, 5.41) is 7.56. The number of hydrogen-bond donors (Lipinski definition) is 1. The van der Waals surface area contributed by atoms with Crippen LogP contribution >= 0.6 is 0 Å². The van der Waals surface area contributed by atoms with E-state index >= 15 is 0 Å².